The lowest BCUT2D eigenvalue weighted by Gasteiger charge is -2.43. The Bertz CT molecular complexity index is 1980. The number of imide groups is 1. The van der Waals surface area contributed by atoms with E-state index >= 15 is 0 Å². The molecule has 2 amide bonds. The Hall–Kier alpha value is -5.42. The van der Waals surface area contributed by atoms with E-state index in [0.29, 0.717) is 22.1 Å². The van der Waals surface area contributed by atoms with Gasteiger partial charge in [0.05, 0.1) is 30.0 Å². The van der Waals surface area contributed by atoms with Gasteiger partial charge in [0.2, 0.25) is 17.6 Å². The molecule has 0 saturated carbocycles. The fourth-order valence-corrected chi connectivity index (χ4v) is 7.53. The average molecular weight is 606 g/mol. The first-order valence-corrected chi connectivity index (χ1v) is 14.5. The molecule has 10 nitrogen and oxygen atoms in total. The highest BCUT2D eigenvalue weighted by molar-refractivity contribution is 7.17. The molecule has 2 saturated heterocycles. The van der Waals surface area contributed by atoms with Crippen molar-refractivity contribution in [2.75, 3.05) is 12.0 Å². The first-order chi connectivity index (χ1) is 21.4. The van der Waals surface area contributed by atoms with Crippen LogP contribution in [-0.4, -0.2) is 41.7 Å². The first kappa shape index (κ1) is 27.4. The molecule has 2 aromatic heterocycles. The quantitative estimate of drug-likeness (QED) is 0.133. The number of esters is 1. The smallest absolute Gasteiger partial charge is 0.347 e. The Morgan fingerprint density at radius 2 is 1.55 bits per heavy atom. The lowest BCUT2D eigenvalue weighted by molar-refractivity contribution is -0.145. The second-order valence-electron chi connectivity index (χ2n) is 10.5. The van der Waals surface area contributed by atoms with Crippen LogP contribution in [0.2, 0.25) is 0 Å². The summed E-state index contributed by atoms with van der Waals surface area (Å²) in [5, 5.41) is 3.20. The van der Waals surface area contributed by atoms with Gasteiger partial charge < -0.3 is 14.1 Å². The molecule has 3 aromatic carbocycles. The number of thiazole rings is 1. The maximum atomic E-state index is 13.7. The van der Waals surface area contributed by atoms with Gasteiger partial charge in [-0.2, -0.15) is 0 Å². The number of amides is 2. The van der Waals surface area contributed by atoms with E-state index in [-0.39, 0.29) is 15.6 Å². The Balaban J connectivity index is 1.46. The van der Waals surface area contributed by atoms with Crippen molar-refractivity contribution in [2.24, 2.45) is 11.8 Å². The van der Waals surface area contributed by atoms with Crippen LogP contribution in [-0.2, 0) is 24.7 Å². The summed E-state index contributed by atoms with van der Waals surface area (Å²) in [6, 6.07) is 25.3. The van der Waals surface area contributed by atoms with Crippen LogP contribution in [0.4, 0.5) is 5.13 Å². The van der Waals surface area contributed by atoms with Crippen molar-refractivity contribution >= 4 is 51.0 Å². The largest absolute Gasteiger partial charge is 0.467 e. The number of hydrogen-bond acceptors (Lipinski definition) is 10. The lowest BCUT2D eigenvalue weighted by Crippen LogP contribution is -2.54. The zero-order valence-corrected chi connectivity index (χ0v) is 23.9. The Labute approximate surface area is 253 Å². The van der Waals surface area contributed by atoms with Gasteiger partial charge in [0, 0.05) is 5.39 Å². The number of nitrogens with zero attached hydrogens (tertiary/aromatic N) is 2. The molecule has 2 aliphatic heterocycles. The van der Waals surface area contributed by atoms with E-state index in [0.717, 1.165) is 11.3 Å². The van der Waals surface area contributed by atoms with Crippen LogP contribution in [0.5, 0.6) is 0 Å². The summed E-state index contributed by atoms with van der Waals surface area (Å²) in [4.78, 5) is 73.5. The second-order valence-corrected chi connectivity index (χ2v) is 11.5. The number of fused-ring (bicyclic) bond motifs is 2. The van der Waals surface area contributed by atoms with Crippen molar-refractivity contribution < 1.29 is 28.3 Å². The molecule has 11 heteroatoms. The molecule has 1 N–H and O–H groups in total. The third kappa shape index (κ3) is 3.93. The summed E-state index contributed by atoms with van der Waals surface area (Å²) in [5.41, 5.74) is -0.748. The SMILES string of the molecule is COC(=O)C1C2C(=O)NC(=O)C2C(c2ccccc2)(c2ccccc2)N1c1ncc(C(=O)c2cc3ccccc3oc2=O)s1. The molecule has 0 spiro atoms. The molecule has 5 aromatic rings. The van der Waals surface area contributed by atoms with Crippen molar-refractivity contribution in [1.82, 2.24) is 10.3 Å². The number of benzene rings is 3. The van der Waals surface area contributed by atoms with Gasteiger partial charge in [0.1, 0.15) is 22.7 Å². The number of rotatable bonds is 6. The Morgan fingerprint density at radius 3 is 2.20 bits per heavy atom. The van der Waals surface area contributed by atoms with Gasteiger partial charge in [-0.3, -0.25) is 19.7 Å². The molecule has 0 radical (unpaired) electrons. The molecule has 3 unspecified atom stereocenters. The number of nitrogens with one attached hydrogen (secondary N) is 1. The van der Waals surface area contributed by atoms with Crippen LogP contribution in [0.15, 0.2) is 106 Å². The summed E-state index contributed by atoms with van der Waals surface area (Å²) in [6.45, 7) is 0. The molecule has 2 fully saturated rings. The highest BCUT2D eigenvalue weighted by Gasteiger charge is 2.70. The van der Waals surface area contributed by atoms with Crippen LogP contribution < -0.4 is 15.8 Å². The number of anilines is 1. The van der Waals surface area contributed by atoms with E-state index in [4.69, 9.17) is 9.15 Å². The normalized spacial score (nSPS) is 20.4. The maximum Gasteiger partial charge on any atom is 0.347 e. The van der Waals surface area contributed by atoms with E-state index in [1.807, 2.05) is 60.7 Å². The topological polar surface area (TPSA) is 136 Å². The standard InChI is InChI=1S/C33H23N3O7S/c1-42-31(41)26-24-25(29(39)35-28(24)38)33(19-11-4-2-5-12-19,20-13-6-3-7-14-20)36(26)32-34-17-23(44-32)27(37)21-16-18-10-8-9-15-22(18)43-30(21)40/h2-17,24-26H,1H3,(H,35,38,39). The number of ketones is 1. The number of carbonyl (C=O) groups is 4. The predicted molar refractivity (Wildman–Crippen MR) is 160 cm³/mol. The van der Waals surface area contributed by atoms with Crippen molar-refractivity contribution in [3.63, 3.8) is 0 Å². The Morgan fingerprint density at radius 1 is 0.909 bits per heavy atom. The van der Waals surface area contributed by atoms with Crippen molar-refractivity contribution in [2.45, 2.75) is 11.6 Å². The summed E-state index contributed by atoms with van der Waals surface area (Å²) in [5.74, 6) is -4.65. The van der Waals surface area contributed by atoms with Crippen molar-refractivity contribution in [1.29, 1.82) is 0 Å². The fourth-order valence-electron chi connectivity index (χ4n) is 6.57. The summed E-state index contributed by atoms with van der Waals surface area (Å²) in [7, 11) is 1.21. The van der Waals surface area contributed by atoms with Crippen LogP contribution in [0.1, 0.15) is 26.4 Å². The molecule has 4 heterocycles. The van der Waals surface area contributed by atoms with Gasteiger partial charge in [-0.1, -0.05) is 90.2 Å². The third-order valence-electron chi connectivity index (χ3n) is 8.32. The molecule has 2 aliphatic rings. The molecule has 7 rings (SSSR count). The van der Waals surface area contributed by atoms with Gasteiger partial charge in [0.25, 0.3) is 0 Å². The van der Waals surface area contributed by atoms with Gasteiger partial charge in [-0.15, -0.1) is 0 Å². The molecule has 0 aliphatic carbocycles. The predicted octanol–water partition coefficient (Wildman–Crippen LogP) is 3.67. The minimum Gasteiger partial charge on any atom is -0.467 e. The first-order valence-electron chi connectivity index (χ1n) is 13.7. The molecular weight excluding hydrogens is 582 g/mol. The third-order valence-corrected chi connectivity index (χ3v) is 9.31. The number of para-hydroxylation sites is 1. The number of aromatic nitrogens is 1. The fraction of sp³-hybridized carbons (Fsp3) is 0.152. The number of carbonyl (C=O) groups excluding carboxylic acids is 4. The lowest BCUT2D eigenvalue weighted by atomic mass is 9.71. The maximum absolute atomic E-state index is 13.7. The Kier molecular flexibility index (Phi) is 6.47. The van der Waals surface area contributed by atoms with E-state index < -0.39 is 52.6 Å². The minimum atomic E-state index is -1.40. The van der Waals surface area contributed by atoms with Crippen molar-refractivity contribution in [3.05, 3.63) is 129 Å². The van der Waals surface area contributed by atoms with Crippen LogP contribution in [0.3, 0.4) is 0 Å². The second kappa shape index (κ2) is 10.4. The summed E-state index contributed by atoms with van der Waals surface area (Å²) in [6.07, 6.45) is 1.32. The number of hydrogen-bond donors (Lipinski definition) is 1. The summed E-state index contributed by atoms with van der Waals surface area (Å²) < 4.78 is 10.6. The molecule has 3 atom stereocenters. The molecule has 44 heavy (non-hydrogen) atoms. The van der Waals surface area contributed by atoms with E-state index in [2.05, 4.69) is 10.3 Å². The van der Waals surface area contributed by atoms with Gasteiger partial charge in [-0.05, 0) is 23.3 Å². The van der Waals surface area contributed by atoms with Crippen LogP contribution in [0.25, 0.3) is 11.0 Å². The number of ether oxygens (including phenoxy) is 1. The monoisotopic (exact) mass is 605 g/mol. The molecule has 218 valence electrons. The van der Waals surface area contributed by atoms with Gasteiger partial charge in [0.15, 0.2) is 5.13 Å². The average Bonchev–Trinajstić information content (AvgIpc) is 3.74. The van der Waals surface area contributed by atoms with E-state index in [1.54, 1.807) is 29.2 Å². The van der Waals surface area contributed by atoms with E-state index in [1.165, 1.54) is 19.4 Å². The zero-order valence-electron chi connectivity index (χ0n) is 23.1. The zero-order chi connectivity index (χ0) is 30.6. The highest BCUT2D eigenvalue weighted by atomic mass is 32.1. The van der Waals surface area contributed by atoms with Crippen LogP contribution >= 0.6 is 11.3 Å². The highest BCUT2D eigenvalue weighted by Crippen LogP contribution is 2.57. The molecule has 0 bridgehead atoms. The summed E-state index contributed by atoms with van der Waals surface area (Å²) >= 11 is 0.945. The van der Waals surface area contributed by atoms with Gasteiger partial charge >= 0.3 is 11.6 Å². The van der Waals surface area contributed by atoms with Crippen LogP contribution in [0, 0.1) is 11.8 Å². The van der Waals surface area contributed by atoms with Crippen molar-refractivity contribution in [3.8, 4) is 0 Å². The van der Waals surface area contributed by atoms with Gasteiger partial charge in [-0.25, -0.2) is 14.6 Å². The van der Waals surface area contributed by atoms with E-state index in [9.17, 15) is 24.0 Å². The minimum absolute atomic E-state index is 0.106. The number of methoxy groups -OCH3 is 1. The molecular formula is C33H23N3O7S.